The van der Waals surface area contributed by atoms with E-state index in [4.69, 9.17) is 4.74 Å². The molecular weight excluding hydrogens is 411 g/mol. The second-order valence-corrected chi connectivity index (χ2v) is 11.8. The molecule has 0 atom stereocenters. The molecule has 0 saturated carbocycles. The van der Waals surface area contributed by atoms with Crippen molar-refractivity contribution in [1.29, 1.82) is 0 Å². The minimum Gasteiger partial charge on any atom is -0.466 e. The van der Waals surface area contributed by atoms with E-state index in [-0.39, 0.29) is 5.97 Å². The summed E-state index contributed by atoms with van der Waals surface area (Å²) in [5.74, 6) is -0.0596. The summed E-state index contributed by atoms with van der Waals surface area (Å²) in [5, 5.41) is 4.39. The second-order valence-electron chi connectivity index (χ2n) is 8.22. The average Bonchev–Trinajstić information content (AvgIpc) is 2.85. The van der Waals surface area contributed by atoms with Gasteiger partial charge in [0, 0.05) is 6.42 Å². The highest BCUT2D eigenvalue weighted by molar-refractivity contribution is 7.95. The molecule has 0 aliphatic heterocycles. The van der Waals surface area contributed by atoms with Crippen LogP contribution in [0, 0.1) is 0 Å². The highest BCUT2D eigenvalue weighted by Crippen LogP contribution is 2.55. The third-order valence-electron chi connectivity index (χ3n) is 6.02. The molecule has 0 aliphatic carbocycles. The molecule has 0 aromatic heterocycles. The minimum atomic E-state index is -1.70. The van der Waals surface area contributed by atoms with Crippen molar-refractivity contribution in [1.82, 2.24) is 0 Å². The number of carbonyl (C=O) groups is 1. The highest BCUT2D eigenvalue weighted by atomic mass is 31.2. The Balaban J connectivity index is 1.69. The van der Waals surface area contributed by atoms with Crippen LogP contribution in [0.1, 0.15) is 51.9 Å². The SMILES string of the molecule is CCOC(=O)CCCCCCCC[P+](c1ccccc1)(c1ccccc1)c1ccccc1. The predicted molar refractivity (Wildman–Crippen MR) is 139 cm³/mol. The molecule has 3 heteroatoms. The predicted octanol–water partition coefficient (Wildman–Crippen LogP) is 6.27. The van der Waals surface area contributed by atoms with Gasteiger partial charge in [0.1, 0.15) is 23.2 Å². The van der Waals surface area contributed by atoms with Gasteiger partial charge in [0.05, 0.1) is 12.8 Å². The zero-order valence-corrected chi connectivity index (χ0v) is 20.2. The lowest BCUT2D eigenvalue weighted by Gasteiger charge is -2.27. The Morgan fingerprint density at radius 3 is 1.47 bits per heavy atom. The Hall–Kier alpha value is -2.44. The Bertz CT molecular complexity index is 813. The molecule has 3 aromatic rings. The van der Waals surface area contributed by atoms with Crippen molar-refractivity contribution in [2.75, 3.05) is 12.8 Å². The van der Waals surface area contributed by atoms with E-state index in [1.807, 2.05) is 6.92 Å². The third-order valence-corrected chi connectivity index (χ3v) is 10.5. The number of ether oxygens (including phenoxy) is 1. The van der Waals surface area contributed by atoms with Crippen molar-refractivity contribution in [3.8, 4) is 0 Å². The average molecular weight is 448 g/mol. The summed E-state index contributed by atoms with van der Waals surface area (Å²) < 4.78 is 5.02. The Kier molecular flexibility index (Phi) is 9.98. The van der Waals surface area contributed by atoms with Crippen LogP contribution in [0.3, 0.4) is 0 Å². The molecule has 3 aromatic carbocycles. The van der Waals surface area contributed by atoms with Crippen molar-refractivity contribution in [2.24, 2.45) is 0 Å². The summed E-state index contributed by atoms with van der Waals surface area (Å²) in [6.45, 7) is 2.34. The first kappa shape index (κ1) is 24.2. The Morgan fingerprint density at radius 2 is 1.03 bits per heavy atom. The first-order valence-corrected chi connectivity index (χ1v) is 14.0. The van der Waals surface area contributed by atoms with Gasteiger partial charge in [-0.2, -0.15) is 0 Å². The van der Waals surface area contributed by atoms with Gasteiger partial charge in [-0.1, -0.05) is 73.9 Å². The van der Waals surface area contributed by atoms with Crippen LogP contribution in [-0.4, -0.2) is 18.7 Å². The summed E-state index contributed by atoms with van der Waals surface area (Å²) in [4.78, 5) is 11.5. The van der Waals surface area contributed by atoms with Gasteiger partial charge < -0.3 is 4.74 Å². The van der Waals surface area contributed by atoms with E-state index in [1.165, 1.54) is 47.8 Å². The standard InChI is InChI=1S/C29H36O2P/c1-2-31-29(30)24-16-5-3-4-6-17-25-32(26-18-10-7-11-19-26,27-20-12-8-13-21-27)28-22-14-9-15-23-28/h7-15,18-23H,2-6,16-17,24-25H2,1H3/q+1. The molecule has 0 radical (unpaired) electrons. The fraction of sp³-hybridized carbons (Fsp3) is 0.345. The Morgan fingerprint density at radius 1 is 0.625 bits per heavy atom. The molecule has 0 N–H and O–H groups in total. The van der Waals surface area contributed by atoms with E-state index in [9.17, 15) is 4.79 Å². The van der Waals surface area contributed by atoms with Crippen LogP contribution >= 0.6 is 7.26 Å². The summed E-state index contributed by atoms with van der Waals surface area (Å²) >= 11 is 0. The van der Waals surface area contributed by atoms with Crippen LogP contribution in [0.25, 0.3) is 0 Å². The molecule has 3 rings (SSSR count). The zero-order chi connectivity index (χ0) is 22.5. The van der Waals surface area contributed by atoms with Crippen molar-refractivity contribution in [3.05, 3.63) is 91.0 Å². The lowest BCUT2D eigenvalue weighted by molar-refractivity contribution is -0.143. The summed E-state index contributed by atoms with van der Waals surface area (Å²) in [7, 11) is -1.70. The molecule has 32 heavy (non-hydrogen) atoms. The molecule has 0 unspecified atom stereocenters. The molecule has 0 saturated heterocycles. The number of benzene rings is 3. The second kappa shape index (κ2) is 13.2. The van der Waals surface area contributed by atoms with Crippen molar-refractivity contribution in [3.63, 3.8) is 0 Å². The number of hydrogen-bond donors (Lipinski definition) is 0. The first-order chi connectivity index (χ1) is 15.8. The van der Waals surface area contributed by atoms with Crippen LogP contribution in [0.15, 0.2) is 91.0 Å². The number of esters is 1. The van der Waals surface area contributed by atoms with Gasteiger partial charge in [-0.15, -0.1) is 0 Å². The van der Waals surface area contributed by atoms with Gasteiger partial charge in [-0.25, -0.2) is 0 Å². The van der Waals surface area contributed by atoms with Crippen LogP contribution in [0.5, 0.6) is 0 Å². The van der Waals surface area contributed by atoms with E-state index >= 15 is 0 Å². The molecule has 2 nitrogen and oxygen atoms in total. The minimum absolute atomic E-state index is 0.0596. The highest BCUT2D eigenvalue weighted by Gasteiger charge is 2.44. The zero-order valence-electron chi connectivity index (χ0n) is 19.3. The van der Waals surface area contributed by atoms with Gasteiger partial charge in [-0.3, -0.25) is 4.79 Å². The van der Waals surface area contributed by atoms with Crippen molar-refractivity contribution >= 4 is 29.1 Å². The smallest absolute Gasteiger partial charge is 0.305 e. The maximum Gasteiger partial charge on any atom is 0.305 e. The molecule has 168 valence electrons. The largest absolute Gasteiger partial charge is 0.466 e. The molecule has 0 spiro atoms. The third kappa shape index (κ3) is 6.53. The molecule has 0 fully saturated rings. The van der Waals surface area contributed by atoms with Gasteiger partial charge in [0.25, 0.3) is 0 Å². The number of hydrogen-bond acceptors (Lipinski definition) is 2. The molecule has 0 heterocycles. The van der Waals surface area contributed by atoms with Crippen molar-refractivity contribution in [2.45, 2.75) is 51.9 Å². The normalized spacial score (nSPS) is 11.3. The van der Waals surface area contributed by atoms with E-state index in [1.54, 1.807) is 0 Å². The molecular formula is C29H36O2P+. The topological polar surface area (TPSA) is 26.3 Å². The van der Waals surface area contributed by atoms with E-state index in [0.717, 1.165) is 12.8 Å². The molecule has 0 amide bonds. The lowest BCUT2D eigenvalue weighted by atomic mass is 10.1. The van der Waals surface area contributed by atoms with Gasteiger partial charge in [0.15, 0.2) is 0 Å². The summed E-state index contributed by atoms with van der Waals surface area (Å²) in [6, 6.07) is 33.4. The maximum atomic E-state index is 11.5. The lowest BCUT2D eigenvalue weighted by Crippen LogP contribution is -2.33. The maximum absolute atomic E-state index is 11.5. The number of rotatable bonds is 13. The fourth-order valence-electron chi connectivity index (χ4n) is 4.44. The number of carbonyl (C=O) groups excluding carboxylic acids is 1. The van der Waals surface area contributed by atoms with Crippen molar-refractivity contribution < 1.29 is 9.53 Å². The summed E-state index contributed by atoms with van der Waals surface area (Å²) in [5.41, 5.74) is 0. The van der Waals surface area contributed by atoms with Crippen LogP contribution < -0.4 is 15.9 Å². The van der Waals surface area contributed by atoms with E-state index in [0.29, 0.717) is 13.0 Å². The van der Waals surface area contributed by atoms with E-state index in [2.05, 4.69) is 91.0 Å². The van der Waals surface area contributed by atoms with Gasteiger partial charge >= 0.3 is 5.97 Å². The van der Waals surface area contributed by atoms with Gasteiger partial charge in [-0.05, 0) is 62.6 Å². The fourth-order valence-corrected chi connectivity index (χ4v) is 8.85. The van der Waals surface area contributed by atoms with E-state index < -0.39 is 7.26 Å². The Labute approximate surface area is 194 Å². The monoisotopic (exact) mass is 447 g/mol. The van der Waals surface area contributed by atoms with Crippen LogP contribution in [0.2, 0.25) is 0 Å². The molecule has 0 bridgehead atoms. The van der Waals surface area contributed by atoms with Crippen LogP contribution in [0.4, 0.5) is 0 Å². The quantitative estimate of drug-likeness (QED) is 0.175. The van der Waals surface area contributed by atoms with Crippen LogP contribution in [-0.2, 0) is 9.53 Å². The summed E-state index contributed by atoms with van der Waals surface area (Å²) in [6.07, 6.45) is 8.64. The van der Waals surface area contributed by atoms with Gasteiger partial charge in [0.2, 0.25) is 0 Å². The number of unbranched alkanes of at least 4 members (excludes halogenated alkanes) is 5. The molecule has 0 aliphatic rings. The first-order valence-electron chi connectivity index (χ1n) is 12.0.